The van der Waals surface area contributed by atoms with E-state index in [9.17, 15) is 8.42 Å². The SMILES string of the molecule is C/C(=C\[C@@H]1CC(C)(C)CN1S(=O)(=O)c1ccc(C)cc1)CCCO[Si](C)(C)C(C)(C)C. The topological polar surface area (TPSA) is 46.6 Å². The molecule has 0 N–H and O–H groups in total. The van der Waals surface area contributed by atoms with E-state index in [1.807, 2.05) is 19.1 Å². The van der Waals surface area contributed by atoms with Crippen LogP contribution in [0.4, 0.5) is 0 Å². The lowest BCUT2D eigenvalue weighted by atomic mass is 9.90. The van der Waals surface area contributed by atoms with Gasteiger partial charge in [-0.05, 0) is 68.8 Å². The molecule has 1 aromatic carbocycles. The molecule has 0 bridgehead atoms. The maximum absolute atomic E-state index is 13.4. The Morgan fingerprint density at radius 1 is 1.23 bits per heavy atom. The summed E-state index contributed by atoms with van der Waals surface area (Å²) < 4.78 is 34.7. The maximum atomic E-state index is 13.4. The molecule has 2 rings (SSSR count). The summed E-state index contributed by atoms with van der Waals surface area (Å²) in [5.41, 5.74) is 2.27. The van der Waals surface area contributed by atoms with Crippen LogP contribution in [0.1, 0.15) is 66.4 Å². The minimum atomic E-state index is -3.51. The zero-order valence-electron chi connectivity index (χ0n) is 21.1. The van der Waals surface area contributed by atoms with Gasteiger partial charge in [0, 0.05) is 19.2 Å². The van der Waals surface area contributed by atoms with Crippen LogP contribution in [0.5, 0.6) is 0 Å². The fraction of sp³-hybridized carbons (Fsp3) is 0.680. The molecule has 0 unspecified atom stereocenters. The van der Waals surface area contributed by atoms with E-state index in [0.29, 0.717) is 11.4 Å². The zero-order valence-corrected chi connectivity index (χ0v) is 22.9. The Kier molecular flexibility index (Phi) is 8.06. The molecule has 4 nitrogen and oxygen atoms in total. The second kappa shape index (κ2) is 9.50. The smallest absolute Gasteiger partial charge is 0.243 e. The summed E-state index contributed by atoms with van der Waals surface area (Å²) in [5.74, 6) is 0. The van der Waals surface area contributed by atoms with Crippen LogP contribution in [-0.4, -0.2) is 40.2 Å². The highest BCUT2D eigenvalue weighted by molar-refractivity contribution is 7.89. The minimum absolute atomic E-state index is 0.0370. The van der Waals surface area contributed by atoms with Crippen molar-refractivity contribution >= 4 is 18.3 Å². The summed E-state index contributed by atoms with van der Waals surface area (Å²) in [5, 5.41) is 0.220. The highest BCUT2D eigenvalue weighted by Crippen LogP contribution is 2.39. The molecule has 1 aromatic rings. The molecule has 1 heterocycles. The average Bonchev–Trinajstić information content (AvgIpc) is 2.93. The van der Waals surface area contributed by atoms with Crippen molar-refractivity contribution in [3.63, 3.8) is 0 Å². The number of benzene rings is 1. The second-order valence-electron chi connectivity index (χ2n) is 11.5. The van der Waals surface area contributed by atoms with Gasteiger partial charge >= 0.3 is 0 Å². The Hall–Kier alpha value is -0.953. The van der Waals surface area contributed by atoms with E-state index in [0.717, 1.165) is 31.4 Å². The van der Waals surface area contributed by atoms with Crippen LogP contribution < -0.4 is 0 Å². The van der Waals surface area contributed by atoms with Crippen LogP contribution in [0.3, 0.4) is 0 Å². The van der Waals surface area contributed by atoms with Crippen molar-refractivity contribution in [2.24, 2.45) is 5.41 Å². The van der Waals surface area contributed by atoms with Crippen molar-refractivity contribution in [1.82, 2.24) is 4.31 Å². The molecule has 0 radical (unpaired) electrons. The Balaban J connectivity index is 2.08. The Morgan fingerprint density at radius 3 is 2.35 bits per heavy atom. The van der Waals surface area contributed by atoms with Crippen LogP contribution in [0.2, 0.25) is 18.1 Å². The van der Waals surface area contributed by atoms with Gasteiger partial charge in [0.1, 0.15) is 0 Å². The number of rotatable bonds is 8. The number of hydrogen-bond acceptors (Lipinski definition) is 3. The lowest BCUT2D eigenvalue weighted by Crippen LogP contribution is -2.40. The first-order chi connectivity index (χ1) is 14.1. The van der Waals surface area contributed by atoms with E-state index >= 15 is 0 Å². The first-order valence-corrected chi connectivity index (χ1v) is 15.8. The summed E-state index contributed by atoms with van der Waals surface area (Å²) in [4.78, 5) is 0.384. The van der Waals surface area contributed by atoms with Crippen LogP contribution >= 0.6 is 0 Å². The van der Waals surface area contributed by atoms with E-state index in [1.54, 1.807) is 16.4 Å². The Bertz CT molecular complexity index is 880. The largest absolute Gasteiger partial charge is 0.417 e. The van der Waals surface area contributed by atoms with Gasteiger partial charge in [-0.25, -0.2) is 8.42 Å². The van der Waals surface area contributed by atoms with Crippen molar-refractivity contribution < 1.29 is 12.8 Å². The summed E-state index contributed by atoms with van der Waals surface area (Å²) in [6.45, 7) is 21.1. The number of hydrogen-bond donors (Lipinski definition) is 0. The molecule has 0 aliphatic carbocycles. The summed E-state index contributed by atoms with van der Waals surface area (Å²) in [7, 11) is -5.23. The summed E-state index contributed by atoms with van der Waals surface area (Å²) in [6.07, 6.45) is 4.92. The molecule has 1 saturated heterocycles. The van der Waals surface area contributed by atoms with Gasteiger partial charge in [-0.3, -0.25) is 0 Å². The van der Waals surface area contributed by atoms with Crippen LogP contribution in [-0.2, 0) is 14.4 Å². The third-order valence-electron chi connectivity index (χ3n) is 6.80. The van der Waals surface area contributed by atoms with Crippen LogP contribution in [0, 0.1) is 12.3 Å². The number of aryl methyl sites for hydroxylation is 1. The summed E-state index contributed by atoms with van der Waals surface area (Å²) >= 11 is 0. The molecule has 176 valence electrons. The fourth-order valence-electron chi connectivity index (χ4n) is 3.83. The van der Waals surface area contributed by atoms with Gasteiger partial charge in [-0.2, -0.15) is 4.31 Å². The fourth-order valence-corrected chi connectivity index (χ4v) is 6.68. The standard InChI is InChI=1S/C25H43NO3SSi/c1-20-12-14-23(15-13-20)30(27,28)26-19-25(6,7)18-22(26)17-21(2)11-10-16-29-31(8,9)24(3,4)5/h12-15,17,22H,10-11,16,18-19H2,1-9H3/b21-17+/t22-/m1/s1. The molecular formula is C25H43NO3SSi. The molecule has 0 spiro atoms. The molecule has 0 saturated carbocycles. The highest BCUT2D eigenvalue weighted by atomic mass is 32.2. The first kappa shape index (κ1) is 26.3. The van der Waals surface area contributed by atoms with Crippen LogP contribution in [0.25, 0.3) is 0 Å². The van der Waals surface area contributed by atoms with Gasteiger partial charge < -0.3 is 4.43 Å². The highest BCUT2D eigenvalue weighted by Gasteiger charge is 2.43. The van der Waals surface area contributed by atoms with E-state index in [4.69, 9.17) is 4.43 Å². The van der Waals surface area contributed by atoms with E-state index < -0.39 is 18.3 Å². The van der Waals surface area contributed by atoms with Crippen molar-refractivity contribution in [3.05, 3.63) is 41.5 Å². The first-order valence-electron chi connectivity index (χ1n) is 11.4. The predicted octanol–water partition coefficient (Wildman–Crippen LogP) is 6.53. The van der Waals surface area contributed by atoms with Gasteiger partial charge in [0.2, 0.25) is 10.0 Å². The molecule has 6 heteroatoms. The Labute approximate surface area is 192 Å². The Morgan fingerprint density at radius 2 is 1.81 bits per heavy atom. The van der Waals surface area contributed by atoms with Crippen LogP contribution in [0.15, 0.2) is 40.8 Å². The lowest BCUT2D eigenvalue weighted by molar-refractivity contribution is 0.282. The molecule has 1 fully saturated rings. The minimum Gasteiger partial charge on any atom is -0.417 e. The average molecular weight is 466 g/mol. The predicted molar refractivity (Wildman–Crippen MR) is 133 cm³/mol. The molecule has 1 aliphatic rings. The van der Waals surface area contributed by atoms with E-state index in [1.165, 1.54) is 5.57 Å². The number of nitrogens with zero attached hydrogens (tertiary/aromatic N) is 1. The monoisotopic (exact) mass is 465 g/mol. The van der Waals surface area contributed by atoms with E-state index in [2.05, 4.69) is 60.7 Å². The van der Waals surface area contributed by atoms with Gasteiger partial charge in [-0.15, -0.1) is 0 Å². The van der Waals surface area contributed by atoms with Crippen molar-refractivity contribution in [1.29, 1.82) is 0 Å². The molecule has 1 aliphatic heterocycles. The summed E-state index contributed by atoms with van der Waals surface area (Å²) in [6, 6.07) is 7.09. The zero-order chi connectivity index (χ0) is 23.7. The molecule has 31 heavy (non-hydrogen) atoms. The van der Waals surface area contributed by atoms with Gasteiger partial charge in [-0.1, -0.05) is 64.0 Å². The lowest BCUT2D eigenvalue weighted by Gasteiger charge is -2.36. The number of allylic oxidation sites excluding steroid dienone is 1. The molecule has 1 atom stereocenters. The third-order valence-corrected chi connectivity index (χ3v) is 13.2. The van der Waals surface area contributed by atoms with Crippen molar-refractivity contribution in [2.45, 2.75) is 96.8 Å². The van der Waals surface area contributed by atoms with E-state index in [-0.39, 0.29) is 16.5 Å². The quantitative estimate of drug-likeness (QED) is 0.249. The maximum Gasteiger partial charge on any atom is 0.243 e. The number of sulfonamides is 1. The van der Waals surface area contributed by atoms with Crippen molar-refractivity contribution in [3.8, 4) is 0 Å². The molecule has 0 amide bonds. The van der Waals surface area contributed by atoms with Gasteiger partial charge in [0.25, 0.3) is 0 Å². The van der Waals surface area contributed by atoms with Gasteiger partial charge in [0.05, 0.1) is 4.90 Å². The molecular weight excluding hydrogens is 422 g/mol. The molecule has 0 aromatic heterocycles. The second-order valence-corrected chi connectivity index (χ2v) is 18.2. The third kappa shape index (κ3) is 6.76. The van der Waals surface area contributed by atoms with Crippen molar-refractivity contribution in [2.75, 3.05) is 13.2 Å². The normalized spacial score (nSPS) is 20.9. The van der Waals surface area contributed by atoms with Gasteiger partial charge in [0.15, 0.2) is 8.32 Å².